The molecule has 2 aromatic heterocycles. The Kier molecular flexibility index (Phi) is 5.62. The molecular formula is C22H18ClF3N6O3. The van der Waals surface area contributed by atoms with Gasteiger partial charge in [0.15, 0.2) is 0 Å². The fourth-order valence-electron chi connectivity index (χ4n) is 4.32. The second kappa shape index (κ2) is 8.52. The van der Waals surface area contributed by atoms with Crippen LogP contribution in [0.1, 0.15) is 57.8 Å². The molecule has 3 heterocycles. The van der Waals surface area contributed by atoms with Crippen LogP contribution < -0.4 is 10.6 Å². The summed E-state index contributed by atoms with van der Waals surface area (Å²) in [6.07, 6.45) is 2.15. The Balaban J connectivity index is 1.42. The first-order valence-electron chi connectivity index (χ1n) is 10.8. The number of halogens is 4. The molecule has 1 saturated carbocycles. The Morgan fingerprint density at radius 1 is 1.20 bits per heavy atom. The van der Waals surface area contributed by atoms with Gasteiger partial charge in [0, 0.05) is 24.1 Å². The molecule has 13 heteroatoms. The maximum absolute atomic E-state index is 13.6. The van der Waals surface area contributed by atoms with Gasteiger partial charge in [-0.2, -0.15) is 0 Å². The number of Topliss-reactive ketones (excluding diaryl/α,β-unsaturated/α-hetero) is 1. The highest BCUT2D eigenvalue weighted by Crippen LogP contribution is 2.40. The maximum atomic E-state index is 13.6. The van der Waals surface area contributed by atoms with E-state index in [9.17, 15) is 27.6 Å². The highest BCUT2D eigenvalue weighted by Gasteiger charge is 2.48. The van der Waals surface area contributed by atoms with Crippen LogP contribution in [0, 0.1) is 5.82 Å². The maximum Gasteiger partial charge on any atom is 0.295 e. The van der Waals surface area contributed by atoms with Crippen molar-refractivity contribution in [2.75, 3.05) is 5.32 Å². The SMILES string of the molecule is O=C(NC1(n2ccnn2)CC1)C(=O)c1c(Cl)c(C(=O)Nc2ccc(F)c(C(F)F)c2)c2n1CCC2. The molecule has 35 heavy (non-hydrogen) atoms. The Labute approximate surface area is 201 Å². The van der Waals surface area contributed by atoms with Crippen LogP contribution in [0.3, 0.4) is 0 Å². The number of carbonyl (C=O) groups excluding carboxylic acids is 3. The van der Waals surface area contributed by atoms with E-state index in [2.05, 4.69) is 20.9 Å². The van der Waals surface area contributed by atoms with Gasteiger partial charge in [0.1, 0.15) is 17.2 Å². The summed E-state index contributed by atoms with van der Waals surface area (Å²) in [6.45, 7) is 0.372. The minimum Gasteiger partial charge on any atom is -0.340 e. The number of nitrogens with one attached hydrogen (secondary N) is 2. The van der Waals surface area contributed by atoms with E-state index >= 15 is 0 Å². The normalized spacial score (nSPS) is 15.7. The van der Waals surface area contributed by atoms with Crippen molar-refractivity contribution >= 4 is 34.9 Å². The van der Waals surface area contributed by atoms with Gasteiger partial charge in [-0.05, 0) is 43.9 Å². The zero-order chi connectivity index (χ0) is 24.9. The van der Waals surface area contributed by atoms with Gasteiger partial charge in [-0.1, -0.05) is 16.8 Å². The van der Waals surface area contributed by atoms with Crippen LogP contribution in [0.2, 0.25) is 5.02 Å². The lowest BCUT2D eigenvalue weighted by Gasteiger charge is -2.17. The number of nitrogens with zero attached hydrogens (tertiary/aromatic N) is 4. The standard InChI is InChI=1S/C22H18ClF3N6O3/c23-16-15(20(34)28-11-3-4-13(24)12(10-11)19(25)26)14-2-1-8-31(14)17(16)18(33)21(35)29-22(5-6-22)32-9-7-27-30-32/h3-4,7,9-10,19H,1-2,5-6,8H2,(H,28,34)(H,29,35). The Morgan fingerprint density at radius 3 is 2.63 bits per heavy atom. The zero-order valence-electron chi connectivity index (χ0n) is 18.0. The Morgan fingerprint density at radius 2 is 1.97 bits per heavy atom. The number of ketones is 1. The number of hydrogen-bond acceptors (Lipinski definition) is 5. The van der Waals surface area contributed by atoms with Gasteiger partial charge in [-0.25, -0.2) is 17.9 Å². The van der Waals surface area contributed by atoms with E-state index in [1.807, 2.05) is 0 Å². The highest BCUT2D eigenvalue weighted by atomic mass is 35.5. The first-order valence-corrected chi connectivity index (χ1v) is 11.1. The number of carbonyl (C=O) groups is 3. The van der Waals surface area contributed by atoms with Crippen molar-refractivity contribution in [1.29, 1.82) is 0 Å². The van der Waals surface area contributed by atoms with Crippen molar-refractivity contribution in [2.24, 2.45) is 0 Å². The summed E-state index contributed by atoms with van der Waals surface area (Å²) in [5.74, 6) is -3.67. The number of benzene rings is 1. The predicted octanol–water partition coefficient (Wildman–Crippen LogP) is 3.45. The van der Waals surface area contributed by atoms with Gasteiger partial charge < -0.3 is 15.2 Å². The van der Waals surface area contributed by atoms with Crippen LogP contribution in [0.4, 0.5) is 18.9 Å². The molecule has 1 fully saturated rings. The third kappa shape index (κ3) is 3.97. The van der Waals surface area contributed by atoms with Crippen molar-refractivity contribution < 1.29 is 27.6 Å². The van der Waals surface area contributed by atoms with Gasteiger partial charge in [-0.15, -0.1) is 5.10 Å². The molecular weight excluding hydrogens is 489 g/mol. The quantitative estimate of drug-likeness (QED) is 0.376. The molecule has 1 aromatic carbocycles. The first kappa shape index (κ1) is 23.1. The molecule has 0 atom stereocenters. The van der Waals surface area contributed by atoms with Gasteiger partial charge in [0.2, 0.25) is 0 Å². The Bertz CT molecular complexity index is 1350. The van der Waals surface area contributed by atoms with E-state index in [1.165, 1.54) is 15.4 Å². The number of aromatic nitrogens is 4. The minimum absolute atomic E-state index is 0.0272. The van der Waals surface area contributed by atoms with E-state index in [4.69, 9.17) is 11.6 Å². The van der Waals surface area contributed by atoms with Crippen LogP contribution in [-0.2, 0) is 23.4 Å². The molecule has 2 amide bonds. The lowest BCUT2D eigenvalue weighted by Crippen LogP contribution is -2.43. The van der Waals surface area contributed by atoms with Crippen molar-refractivity contribution in [3.8, 4) is 0 Å². The number of hydrogen-bond donors (Lipinski definition) is 2. The summed E-state index contributed by atoms with van der Waals surface area (Å²) in [6, 6.07) is 2.80. The molecule has 1 aliphatic heterocycles. The lowest BCUT2D eigenvalue weighted by molar-refractivity contribution is -0.118. The molecule has 0 spiro atoms. The van der Waals surface area contributed by atoms with E-state index in [-0.39, 0.29) is 22.0 Å². The predicted molar refractivity (Wildman–Crippen MR) is 117 cm³/mol. The highest BCUT2D eigenvalue weighted by molar-refractivity contribution is 6.48. The molecule has 0 unspecified atom stereocenters. The molecule has 3 aromatic rings. The summed E-state index contributed by atoms with van der Waals surface area (Å²) in [5.41, 5.74) is -1.44. The third-order valence-electron chi connectivity index (χ3n) is 6.18. The van der Waals surface area contributed by atoms with Crippen molar-refractivity contribution in [2.45, 2.75) is 44.3 Å². The number of fused-ring (bicyclic) bond motifs is 1. The van der Waals surface area contributed by atoms with Gasteiger partial charge in [0.05, 0.1) is 22.3 Å². The molecule has 0 radical (unpaired) electrons. The smallest absolute Gasteiger partial charge is 0.295 e. The fraction of sp³-hybridized carbons (Fsp3) is 0.318. The van der Waals surface area contributed by atoms with E-state index in [1.54, 1.807) is 6.20 Å². The number of anilines is 1. The van der Waals surface area contributed by atoms with Crippen LogP contribution >= 0.6 is 11.6 Å². The molecule has 5 rings (SSSR count). The lowest BCUT2D eigenvalue weighted by atomic mass is 10.1. The van der Waals surface area contributed by atoms with Crippen LogP contribution in [0.15, 0.2) is 30.6 Å². The van der Waals surface area contributed by atoms with E-state index in [0.717, 1.165) is 18.2 Å². The van der Waals surface area contributed by atoms with Crippen molar-refractivity contribution in [3.63, 3.8) is 0 Å². The van der Waals surface area contributed by atoms with Gasteiger partial charge >= 0.3 is 0 Å². The fourth-order valence-corrected chi connectivity index (χ4v) is 4.70. The average Bonchev–Trinajstić information content (AvgIpc) is 3.18. The zero-order valence-corrected chi connectivity index (χ0v) is 18.8. The third-order valence-corrected chi connectivity index (χ3v) is 6.54. The largest absolute Gasteiger partial charge is 0.340 e. The average molecular weight is 507 g/mol. The second-order valence-corrected chi connectivity index (χ2v) is 8.77. The molecule has 0 saturated heterocycles. The van der Waals surface area contributed by atoms with E-state index < -0.39 is 41.1 Å². The van der Waals surface area contributed by atoms with Crippen LogP contribution in [-0.4, -0.2) is 37.2 Å². The topological polar surface area (TPSA) is 111 Å². The second-order valence-electron chi connectivity index (χ2n) is 8.39. The molecule has 1 aliphatic carbocycles. The van der Waals surface area contributed by atoms with Gasteiger partial charge in [-0.3, -0.25) is 14.4 Å². The summed E-state index contributed by atoms with van der Waals surface area (Å²) >= 11 is 6.45. The molecule has 2 N–H and O–H groups in total. The van der Waals surface area contributed by atoms with Crippen LogP contribution in [0.25, 0.3) is 0 Å². The summed E-state index contributed by atoms with van der Waals surface area (Å²) < 4.78 is 42.7. The van der Waals surface area contributed by atoms with Crippen molar-refractivity contribution in [3.05, 3.63) is 63.9 Å². The molecule has 0 bridgehead atoms. The summed E-state index contributed by atoms with van der Waals surface area (Å²) in [4.78, 5) is 39.0. The number of alkyl halides is 2. The number of amides is 2. The minimum atomic E-state index is -3.07. The van der Waals surface area contributed by atoms with Crippen molar-refractivity contribution in [1.82, 2.24) is 24.9 Å². The summed E-state index contributed by atoms with van der Waals surface area (Å²) in [7, 11) is 0. The monoisotopic (exact) mass is 506 g/mol. The molecule has 182 valence electrons. The number of rotatable bonds is 7. The first-order chi connectivity index (χ1) is 16.7. The molecule has 2 aliphatic rings. The van der Waals surface area contributed by atoms with Crippen LogP contribution in [0.5, 0.6) is 0 Å². The Hall–Kier alpha value is -3.67. The summed E-state index contributed by atoms with van der Waals surface area (Å²) in [5, 5.41) is 12.5. The van der Waals surface area contributed by atoms with Gasteiger partial charge in [0.25, 0.3) is 24.0 Å². The van der Waals surface area contributed by atoms with E-state index in [0.29, 0.717) is 37.9 Å². The molecule has 9 nitrogen and oxygen atoms in total.